The summed E-state index contributed by atoms with van der Waals surface area (Å²) >= 11 is 2.81. The fourth-order valence-electron chi connectivity index (χ4n) is 1.30. The van der Waals surface area contributed by atoms with Crippen molar-refractivity contribution in [2.75, 3.05) is 0 Å². The number of hydrogen-bond acceptors (Lipinski definition) is 3. The lowest BCUT2D eigenvalue weighted by Crippen LogP contribution is -2.09. The molecule has 0 saturated carbocycles. The Hall–Kier alpha value is -1.37. The molecule has 0 saturated heterocycles. The second-order valence-corrected chi connectivity index (χ2v) is 3.75. The van der Waals surface area contributed by atoms with Crippen molar-refractivity contribution in [3.05, 3.63) is 28.6 Å². The van der Waals surface area contributed by atoms with Crippen LogP contribution in [0.1, 0.15) is 5.69 Å². The summed E-state index contributed by atoms with van der Waals surface area (Å²) in [4.78, 5) is 7.07. The standard InChI is InChI=1S/C9H4BrF3N2O/c10-8-14-6-2-1-4(16)3-5(6)7(15-8)9(11,12)13/h1-3,16H. The van der Waals surface area contributed by atoms with Gasteiger partial charge in [0.05, 0.1) is 5.52 Å². The van der Waals surface area contributed by atoms with Crippen molar-refractivity contribution < 1.29 is 18.3 Å². The van der Waals surface area contributed by atoms with Crippen LogP contribution in [0.15, 0.2) is 22.9 Å². The average molecular weight is 293 g/mol. The molecule has 0 fully saturated rings. The third-order valence-electron chi connectivity index (χ3n) is 1.92. The zero-order valence-electron chi connectivity index (χ0n) is 7.59. The highest BCUT2D eigenvalue weighted by molar-refractivity contribution is 9.10. The predicted molar refractivity (Wildman–Crippen MR) is 53.9 cm³/mol. The largest absolute Gasteiger partial charge is 0.508 e. The number of phenols is 1. The quantitative estimate of drug-likeness (QED) is 0.759. The lowest BCUT2D eigenvalue weighted by Gasteiger charge is -2.09. The summed E-state index contributed by atoms with van der Waals surface area (Å²) in [5.41, 5.74) is -0.952. The zero-order valence-corrected chi connectivity index (χ0v) is 9.17. The second-order valence-electron chi connectivity index (χ2n) is 3.04. The number of fused-ring (bicyclic) bond motifs is 1. The Labute approximate surface area is 96.1 Å². The van der Waals surface area contributed by atoms with E-state index in [1.165, 1.54) is 12.1 Å². The fraction of sp³-hybridized carbons (Fsp3) is 0.111. The van der Waals surface area contributed by atoms with E-state index in [1.807, 2.05) is 0 Å². The van der Waals surface area contributed by atoms with Gasteiger partial charge in [-0.15, -0.1) is 0 Å². The predicted octanol–water partition coefficient (Wildman–Crippen LogP) is 3.12. The monoisotopic (exact) mass is 292 g/mol. The summed E-state index contributed by atoms with van der Waals surface area (Å²) < 4.78 is 37.8. The van der Waals surface area contributed by atoms with Gasteiger partial charge in [-0.25, -0.2) is 9.97 Å². The lowest BCUT2D eigenvalue weighted by molar-refractivity contribution is -0.139. The molecule has 0 spiro atoms. The van der Waals surface area contributed by atoms with Crippen LogP contribution in [0.2, 0.25) is 0 Å². The topological polar surface area (TPSA) is 46.0 Å². The van der Waals surface area contributed by atoms with E-state index in [-0.39, 0.29) is 21.4 Å². The minimum atomic E-state index is -4.59. The summed E-state index contributed by atoms with van der Waals surface area (Å²) in [6.07, 6.45) is -4.59. The molecule has 0 bridgehead atoms. The summed E-state index contributed by atoms with van der Waals surface area (Å²) in [5.74, 6) is -0.260. The first-order valence-electron chi connectivity index (χ1n) is 4.11. The van der Waals surface area contributed by atoms with Gasteiger partial charge >= 0.3 is 6.18 Å². The Morgan fingerprint density at radius 1 is 1.19 bits per heavy atom. The maximum Gasteiger partial charge on any atom is 0.434 e. The molecule has 1 aromatic carbocycles. The van der Waals surface area contributed by atoms with Crippen molar-refractivity contribution in [3.63, 3.8) is 0 Å². The molecular weight excluding hydrogens is 289 g/mol. The van der Waals surface area contributed by atoms with Crippen LogP contribution in [-0.4, -0.2) is 15.1 Å². The van der Waals surface area contributed by atoms with Gasteiger partial charge in [-0.1, -0.05) is 0 Å². The lowest BCUT2D eigenvalue weighted by atomic mass is 10.2. The number of halogens is 4. The molecule has 2 aromatic rings. The van der Waals surface area contributed by atoms with Crippen molar-refractivity contribution in [2.24, 2.45) is 0 Å². The highest BCUT2D eigenvalue weighted by Gasteiger charge is 2.35. The van der Waals surface area contributed by atoms with Crippen LogP contribution in [0, 0.1) is 0 Å². The van der Waals surface area contributed by atoms with Crippen molar-refractivity contribution in [1.29, 1.82) is 0 Å². The smallest absolute Gasteiger partial charge is 0.434 e. The molecule has 0 aliphatic rings. The van der Waals surface area contributed by atoms with Crippen LogP contribution in [0.3, 0.4) is 0 Å². The molecule has 1 heterocycles. The number of benzene rings is 1. The number of aromatic nitrogens is 2. The van der Waals surface area contributed by atoms with E-state index >= 15 is 0 Å². The van der Waals surface area contributed by atoms with Gasteiger partial charge in [0.2, 0.25) is 0 Å². The fourth-order valence-corrected chi connectivity index (χ4v) is 1.67. The molecule has 16 heavy (non-hydrogen) atoms. The molecular formula is C9H4BrF3N2O. The first-order valence-corrected chi connectivity index (χ1v) is 4.90. The van der Waals surface area contributed by atoms with Gasteiger partial charge in [-0.2, -0.15) is 13.2 Å². The molecule has 0 radical (unpaired) electrons. The zero-order chi connectivity index (χ0) is 11.9. The third-order valence-corrected chi connectivity index (χ3v) is 2.28. The summed E-state index contributed by atoms with van der Waals surface area (Å²) in [6.45, 7) is 0. The Bertz CT molecular complexity index is 556. The Kier molecular flexibility index (Phi) is 2.49. The van der Waals surface area contributed by atoms with Gasteiger partial charge in [-0.05, 0) is 34.1 Å². The molecule has 0 amide bonds. The summed E-state index contributed by atoms with van der Waals surface area (Å²) in [5, 5.41) is 8.93. The Morgan fingerprint density at radius 3 is 2.50 bits per heavy atom. The van der Waals surface area contributed by atoms with Crippen LogP contribution >= 0.6 is 15.9 Å². The Balaban J connectivity index is 2.85. The molecule has 2 rings (SSSR count). The van der Waals surface area contributed by atoms with Crippen LogP contribution in [0.25, 0.3) is 10.9 Å². The van der Waals surface area contributed by atoms with Crippen molar-refractivity contribution in [3.8, 4) is 5.75 Å². The maximum atomic E-state index is 12.6. The van der Waals surface area contributed by atoms with Crippen LogP contribution in [-0.2, 0) is 6.18 Å². The van der Waals surface area contributed by atoms with Gasteiger partial charge in [0.1, 0.15) is 5.75 Å². The van der Waals surface area contributed by atoms with Crippen molar-refractivity contribution in [2.45, 2.75) is 6.18 Å². The first kappa shape index (κ1) is 11.1. The number of alkyl halides is 3. The Morgan fingerprint density at radius 2 is 1.88 bits per heavy atom. The van der Waals surface area contributed by atoms with E-state index < -0.39 is 11.9 Å². The maximum absolute atomic E-state index is 12.6. The van der Waals surface area contributed by atoms with E-state index in [0.717, 1.165) is 6.07 Å². The number of hydrogen-bond donors (Lipinski definition) is 1. The van der Waals surface area contributed by atoms with E-state index in [2.05, 4.69) is 25.9 Å². The first-order chi connectivity index (χ1) is 7.38. The SMILES string of the molecule is Oc1ccc2nc(Br)nc(C(F)(F)F)c2c1. The molecule has 1 aromatic heterocycles. The number of rotatable bonds is 0. The number of aromatic hydroxyl groups is 1. The van der Waals surface area contributed by atoms with Crippen LogP contribution < -0.4 is 0 Å². The molecule has 7 heteroatoms. The van der Waals surface area contributed by atoms with Gasteiger partial charge < -0.3 is 5.11 Å². The van der Waals surface area contributed by atoms with E-state index in [1.54, 1.807) is 0 Å². The molecule has 84 valence electrons. The second kappa shape index (κ2) is 3.58. The van der Waals surface area contributed by atoms with Gasteiger partial charge in [-0.3, -0.25) is 0 Å². The average Bonchev–Trinajstić information content (AvgIpc) is 2.16. The highest BCUT2D eigenvalue weighted by atomic mass is 79.9. The van der Waals surface area contributed by atoms with Crippen molar-refractivity contribution in [1.82, 2.24) is 9.97 Å². The normalized spacial score (nSPS) is 12.0. The molecule has 0 aliphatic heterocycles. The van der Waals surface area contributed by atoms with E-state index in [4.69, 9.17) is 5.11 Å². The van der Waals surface area contributed by atoms with Crippen LogP contribution in [0.4, 0.5) is 13.2 Å². The minimum Gasteiger partial charge on any atom is -0.508 e. The van der Waals surface area contributed by atoms with Gasteiger partial charge in [0.15, 0.2) is 10.4 Å². The van der Waals surface area contributed by atoms with Gasteiger partial charge in [0.25, 0.3) is 0 Å². The highest BCUT2D eigenvalue weighted by Crippen LogP contribution is 2.34. The minimum absolute atomic E-state index is 0.118. The molecule has 0 unspecified atom stereocenters. The molecule has 3 nitrogen and oxygen atoms in total. The third kappa shape index (κ3) is 1.95. The molecule has 1 N–H and O–H groups in total. The summed E-state index contributed by atoms with van der Waals surface area (Å²) in [6, 6.07) is 3.55. The van der Waals surface area contributed by atoms with E-state index in [0.29, 0.717) is 0 Å². The van der Waals surface area contributed by atoms with Crippen LogP contribution in [0.5, 0.6) is 5.75 Å². The molecule has 0 aliphatic carbocycles. The van der Waals surface area contributed by atoms with E-state index in [9.17, 15) is 13.2 Å². The van der Waals surface area contributed by atoms with Crippen molar-refractivity contribution >= 4 is 26.8 Å². The van der Waals surface area contributed by atoms with Gasteiger partial charge in [0, 0.05) is 5.39 Å². The number of nitrogens with zero attached hydrogens (tertiary/aromatic N) is 2. The summed E-state index contributed by atoms with van der Waals surface area (Å²) in [7, 11) is 0. The molecule has 0 atom stereocenters. The number of phenolic OH excluding ortho intramolecular Hbond substituents is 1.